The molecule has 0 aromatic heterocycles. The van der Waals surface area contributed by atoms with Crippen LogP contribution in [0.15, 0.2) is 84.1 Å². The Bertz CT molecular complexity index is 868. The molecule has 0 atom stereocenters. The molecule has 0 unspecified atom stereocenters. The number of benzene rings is 3. The first-order valence-corrected chi connectivity index (χ1v) is 8.16. The molecule has 0 fully saturated rings. The molecule has 0 aliphatic carbocycles. The number of anilines is 2. The van der Waals surface area contributed by atoms with Gasteiger partial charge in [0.2, 0.25) is 6.54 Å². The van der Waals surface area contributed by atoms with Gasteiger partial charge in [-0.05, 0) is 42.0 Å². The molecule has 3 rings (SSSR count). The summed E-state index contributed by atoms with van der Waals surface area (Å²) in [6.07, 6.45) is 0. The van der Waals surface area contributed by atoms with Crippen LogP contribution < -0.4 is 16.2 Å². The van der Waals surface area contributed by atoms with Gasteiger partial charge in [-0.3, -0.25) is 0 Å². The quantitative estimate of drug-likeness (QED) is 0.308. The van der Waals surface area contributed by atoms with Gasteiger partial charge < -0.3 is 26.6 Å². The van der Waals surface area contributed by atoms with Crippen LogP contribution in [0.3, 0.4) is 0 Å². The summed E-state index contributed by atoms with van der Waals surface area (Å²) >= 11 is 0. The minimum Gasteiger partial charge on any atom is -0.597 e. The Morgan fingerprint density at radius 2 is 1.44 bits per heavy atom. The van der Waals surface area contributed by atoms with E-state index in [1.165, 1.54) is 0 Å². The van der Waals surface area contributed by atoms with Crippen molar-refractivity contribution in [3.8, 4) is 5.75 Å². The molecule has 0 heterocycles. The van der Waals surface area contributed by atoms with Gasteiger partial charge in [0.1, 0.15) is 12.4 Å². The lowest BCUT2D eigenvalue weighted by molar-refractivity contribution is -0.570. The number of hydrogen-bond acceptors (Lipinski definition) is 5. The van der Waals surface area contributed by atoms with Crippen molar-refractivity contribution in [1.29, 1.82) is 0 Å². The first kappa shape index (κ1) is 19.7. The average molecular weight is 366 g/mol. The molecule has 0 radical (unpaired) electrons. The zero-order chi connectivity index (χ0) is 18.2. The second-order valence-electron chi connectivity index (χ2n) is 5.67. The van der Waals surface area contributed by atoms with Gasteiger partial charge in [-0.1, -0.05) is 47.3 Å². The molecule has 140 valence electrons. The van der Waals surface area contributed by atoms with E-state index in [0.717, 1.165) is 28.3 Å². The van der Waals surface area contributed by atoms with Gasteiger partial charge in [-0.25, -0.2) is 0 Å². The van der Waals surface area contributed by atoms with Crippen molar-refractivity contribution in [3.63, 3.8) is 0 Å². The third kappa shape index (κ3) is 5.72. The molecule has 7 heteroatoms. The molecular formula is C20H22N4O3. The largest absolute Gasteiger partial charge is 0.597 e. The van der Waals surface area contributed by atoms with E-state index in [1.807, 2.05) is 78.9 Å². The number of nitrogens with zero attached hydrogens (tertiary/aromatic N) is 2. The minimum atomic E-state index is -0.0318. The Balaban J connectivity index is 0.00000261. The van der Waals surface area contributed by atoms with E-state index >= 15 is 0 Å². The standard InChI is InChI=1S/C20H19N3O3.H3N/c24-22-23(25)14-16-6-4-5-7-17(16)15-26-20-12-10-19(11-13-20)21-18-8-2-1-3-9-18;/h1-13,21,24H,14-15H2;1H3. The highest BCUT2D eigenvalue weighted by molar-refractivity contribution is 5.60. The molecular weight excluding hydrogens is 344 g/mol. The molecule has 0 saturated heterocycles. The number of nitrogens with one attached hydrogen (secondary N) is 1. The van der Waals surface area contributed by atoms with Crippen LogP contribution in [0.5, 0.6) is 5.75 Å². The maximum absolute atomic E-state index is 11.2. The average Bonchev–Trinajstić information content (AvgIpc) is 2.69. The third-order valence-corrected chi connectivity index (χ3v) is 3.83. The highest BCUT2D eigenvalue weighted by atomic mass is 16.6. The minimum absolute atomic E-state index is 0. The predicted octanol–water partition coefficient (Wildman–Crippen LogP) is 5.02. The second kappa shape index (κ2) is 9.79. The van der Waals surface area contributed by atoms with E-state index in [1.54, 1.807) is 0 Å². The van der Waals surface area contributed by atoms with E-state index in [0.29, 0.717) is 6.61 Å². The van der Waals surface area contributed by atoms with Gasteiger partial charge in [0, 0.05) is 16.9 Å². The van der Waals surface area contributed by atoms with Crippen molar-refractivity contribution in [1.82, 2.24) is 6.15 Å². The Labute approximate surface area is 157 Å². The molecule has 0 amide bonds. The number of ether oxygens (including phenoxy) is 1. The molecule has 5 N–H and O–H groups in total. The van der Waals surface area contributed by atoms with Gasteiger partial charge in [0.25, 0.3) is 0 Å². The van der Waals surface area contributed by atoms with Crippen LogP contribution in [0.25, 0.3) is 0 Å². The smallest absolute Gasteiger partial charge is 0.209 e. The molecule has 3 aromatic rings. The fraction of sp³-hybridized carbons (Fsp3) is 0.100. The Hall–Kier alpha value is -3.58. The van der Waals surface area contributed by atoms with E-state index in [2.05, 4.69) is 10.6 Å². The van der Waals surface area contributed by atoms with Crippen LogP contribution in [-0.2, 0) is 13.2 Å². The lowest BCUT2D eigenvalue weighted by atomic mass is 10.1. The highest BCUT2D eigenvalue weighted by Gasteiger charge is 2.08. The monoisotopic (exact) mass is 366 g/mol. The molecule has 0 saturated carbocycles. The number of hydroxylamine groups is 1. The normalized spacial score (nSPS) is 10.7. The topological polar surface area (TPSA) is 115 Å². The Kier molecular flexibility index (Phi) is 7.16. The Morgan fingerprint density at radius 1 is 0.852 bits per heavy atom. The van der Waals surface area contributed by atoms with Crippen LogP contribution in [0.4, 0.5) is 11.4 Å². The van der Waals surface area contributed by atoms with Crippen LogP contribution in [0.1, 0.15) is 11.1 Å². The second-order valence-corrected chi connectivity index (χ2v) is 5.67. The molecule has 0 bridgehead atoms. The van der Waals surface area contributed by atoms with Gasteiger partial charge >= 0.3 is 0 Å². The van der Waals surface area contributed by atoms with Crippen LogP contribution in [-0.4, -0.2) is 10.1 Å². The zero-order valence-corrected chi connectivity index (χ0v) is 14.8. The van der Waals surface area contributed by atoms with E-state index in [-0.39, 0.29) is 17.6 Å². The molecule has 0 aliphatic rings. The summed E-state index contributed by atoms with van der Waals surface area (Å²) in [7, 11) is 0. The van der Waals surface area contributed by atoms with Crippen molar-refractivity contribution in [2.24, 2.45) is 5.28 Å². The van der Waals surface area contributed by atoms with E-state index < -0.39 is 0 Å². The summed E-state index contributed by atoms with van der Waals surface area (Å²) < 4.78 is 5.81. The molecule has 7 nitrogen and oxygen atoms in total. The molecule has 27 heavy (non-hydrogen) atoms. The van der Waals surface area contributed by atoms with Crippen LogP contribution in [0, 0.1) is 5.21 Å². The van der Waals surface area contributed by atoms with Gasteiger partial charge in [0.05, 0.1) is 0 Å². The molecule has 3 aromatic carbocycles. The van der Waals surface area contributed by atoms with E-state index in [4.69, 9.17) is 9.94 Å². The summed E-state index contributed by atoms with van der Waals surface area (Å²) in [5.41, 5.74) is 3.60. The highest BCUT2D eigenvalue weighted by Crippen LogP contribution is 2.21. The lowest BCUT2D eigenvalue weighted by Crippen LogP contribution is -2.06. The third-order valence-electron chi connectivity index (χ3n) is 3.83. The zero-order valence-electron chi connectivity index (χ0n) is 14.8. The number of hydrogen-bond donors (Lipinski definition) is 3. The predicted molar refractivity (Wildman–Crippen MR) is 104 cm³/mol. The first-order valence-electron chi connectivity index (χ1n) is 8.16. The van der Waals surface area contributed by atoms with E-state index in [9.17, 15) is 5.21 Å². The van der Waals surface area contributed by atoms with Crippen molar-refractivity contribution in [3.05, 3.63) is 95.2 Å². The summed E-state index contributed by atoms with van der Waals surface area (Å²) in [6, 6.07) is 25.0. The summed E-state index contributed by atoms with van der Waals surface area (Å²) in [6.45, 7) is 0.289. The van der Waals surface area contributed by atoms with Crippen LogP contribution in [0.2, 0.25) is 0 Å². The van der Waals surface area contributed by atoms with Crippen LogP contribution >= 0.6 is 0 Å². The van der Waals surface area contributed by atoms with Gasteiger partial charge in [-0.2, -0.15) is 0 Å². The SMILES string of the molecule is N.[O-][N+](Cc1ccccc1COc1ccc(Nc2ccccc2)cc1)=NO. The van der Waals surface area contributed by atoms with Crippen molar-refractivity contribution in [2.75, 3.05) is 5.32 Å². The Morgan fingerprint density at radius 3 is 2.11 bits per heavy atom. The first-order chi connectivity index (χ1) is 12.7. The van der Waals surface area contributed by atoms with Gasteiger partial charge in [-0.15, -0.1) is 0 Å². The van der Waals surface area contributed by atoms with Crippen molar-refractivity contribution < 1.29 is 14.8 Å². The maximum atomic E-state index is 11.2. The number of para-hydroxylation sites is 1. The number of rotatable bonds is 7. The fourth-order valence-electron chi connectivity index (χ4n) is 2.51. The summed E-state index contributed by atoms with van der Waals surface area (Å²) in [4.78, 5) is 0.225. The van der Waals surface area contributed by atoms with Gasteiger partial charge in [0.15, 0.2) is 5.28 Å². The summed E-state index contributed by atoms with van der Waals surface area (Å²) in [5, 5.41) is 25.7. The van der Waals surface area contributed by atoms with Crippen molar-refractivity contribution in [2.45, 2.75) is 13.2 Å². The molecule has 0 aliphatic heterocycles. The summed E-state index contributed by atoms with van der Waals surface area (Å²) in [5.74, 6) is 0.726. The fourth-order valence-corrected chi connectivity index (χ4v) is 2.51. The van der Waals surface area contributed by atoms with Crippen molar-refractivity contribution >= 4 is 11.4 Å². The molecule has 0 spiro atoms. The maximum Gasteiger partial charge on any atom is 0.209 e. The lowest BCUT2D eigenvalue weighted by Gasteiger charge is -2.11.